The Kier molecular flexibility index (Phi) is 6.86. The molecule has 0 spiro atoms. The molecule has 0 radical (unpaired) electrons. The Morgan fingerprint density at radius 2 is 1.97 bits per heavy atom. The molecule has 7 nitrogen and oxygen atoms in total. The summed E-state index contributed by atoms with van der Waals surface area (Å²) in [6.45, 7) is 2.02. The number of carbonyl (C=O) groups excluding carboxylic acids is 2. The number of hydrogen-bond donors (Lipinski definition) is 1. The van der Waals surface area contributed by atoms with Gasteiger partial charge in [0.25, 0.3) is 5.56 Å². The molecule has 168 valence electrons. The van der Waals surface area contributed by atoms with Gasteiger partial charge in [-0.2, -0.15) is 0 Å². The average molecular weight is 482 g/mol. The van der Waals surface area contributed by atoms with Gasteiger partial charge < -0.3 is 10.1 Å². The topological polar surface area (TPSA) is 90.3 Å². The third-order valence-electron chi connectivity index (χ3n) is 4.85. The Labute approximate surface area is 198 Å². The lowest BCUT2D eigenvalue weighted by Crippen LogP contribution is -2.27. The van der Waals surface area contributed by atoms with Crippen LogP contribution in [0.15, 0.2) is 65.0 Å². The zero-order chi connectivity index (χ0) is 23.4. The number of rotatable bonds is 7. The van der Waals surface area contributed by atoms with Crippen molar-refractivity contribution in [3.05, 3.63) is 81.2 Å². The van der Waals surface area contributed by atoms with Crippen LogP contribution in [0.2, 0.25) is 5.02 Å². The molecule has 4 rings (SSSR count). The van der Waals surface area contributed by atoms with Crippen molar-refractivity contribution in [2.75, 3.05) is 11.9 Å². The minimum absolute atomic E-state index is 0.220. The van der Waals surface area contributed by atoms with Crippen molar-refractivity contribution in [3.63, 3.8) is 0 Å². The highest BCUT2D eigenvalue weighted by Crippen LogP contribution is 2.31. The van der Waals surface area contributed by atoms with Crippen molar-refractivity contribution in [3.8, 4) is 11.1 Å². The fourth-order valence-electron chi connectivity index (χ4n) is 3.28. The average Bonchev–Trinajstić information content (AvgIpc) is 3.25. The lowest BCUT2D eigenvalue weighted by Gasteiger charge is -2.09. The molecule has 0 aliphatic rings. The minimum atomic E-state index is -0.453. The molecule has 0 unspecified atom stereocenters. The second kappa shape index (κ2) is 9.97. The van der Waals surface area contributed by atoms with E-state index in [-0.39, 0.29) is 12.1 Å². The van der Waals surface area contributed by atoms with Crippen LogP contribution >= 0.6 is 22.9 Å². The minimum Gasteiger partial charge on any atom is -0.462 e. The molecule has 1 N–H and O–H groups in total. The molecular weight excluding hydrogens is 462 g/mol. The van der Waals surface area contributed by atoms with Gasteiger partial charge in [0.1, 0.15) is 11.4 Å². The number of hydrogen-bond acceptors (Lipinski definition) is 6. The predicted octanol–water partition coefficient (Wildman–Crippen LogP) is 4.98. The fourth-order valence-corrected chi connectivity index (χ4v) is 4.31. The van der Waals surface area contributed by atoms with Gasteiger partial charge in [-0.05, 0) is 42.3 Å². The van der Waals surface area contributed by atoms with Crippen LogP contribution in [0, 0.1) is 0 Å². The number of anilines is 1. The molecule has 0 atom stereocenters. The maximum atomic E-state index is 13.1. The number of aromatic nitrogens is 2. The van der Waals surface area contributed by atoms with Gasteiger partial charge in [-0.1, -0.05) is 36.7 Å². The van der Waals surface area contributed by atoms with E-state index in [2.05, 4.69) is 10.3 Å². The van der Waals surface area contributed by atoms with Crippen LogP contribution in [0.1, 0.15) is 23.7 Å². The molecular formula is C24H20ClN3O4S. The second-order valence-electron chi connectivity index (χ2n) is 7.28. The Hall–Kier alpha value is -3.49. The number of esters is 1. The van der Waals surface area contributed by atoms with Crippen molar-refractivity contribution in [2.24, 2.45) is 0 Å². The van der Waals surface area contributed by atoms with Crippen LogP contribution in [-0.2, 0) is 16.1 Å². The molecule has 4 aromatic rings. The van der Waals surface area contributed by atoms with Crippen molar-refractivity contribution in [2.45, 2.75) is 19.9 Å². The molecule has 33 heavy (non-hydrogen) atoms. The maximum absolute atomic E-state index is 13.1. The van der Waals surface area contributed by atoms with Gasteiger partial charge in [-0.25, -0.2) is 9.78 Å². The number of carbonyl (C=O) groups is 2. The number of nitrogens with zero attached hydrogens (tertiary/aromatic N) is 2. The summed E-state index contributed by atoms with van der Waals surface area (Å²) >= 11 is 7.34. The van der Waals surface area contributed by atoms with E-state index in [9.17, 15) is 14.4 Å². The van der Waals surface area contributed by atoms with E-state index in [0.717, 1.165) is 17.5 Å². The number of benzene rings is 2. The largest absolute Gasteiger partial charge is 0.462 e. The number of nitrogens with one attached hydrogen (secondary N) is 1. The summed E-state index contributed by atoms with van der Waals surface area (Å²) in [5.41, 5.74) is 2.06. The van der Waals surface area contributed by atoms with Crippen LogP contribution in [0.4, 0.5) is 5.69 Å². The van der Waals surface area contributed by atoms with E-state index in [1.807, 2.05) is 24.4 Å². The second-order valence-corrected chi connectivity index (χ2v) is 8.57. The van der Waals surface area contributed by atoms with Crippen molar-refractivity contribution in [1.82, 2.24) is 9.55 Å². The van der Waals surface area contributed by atoms with Gasteiger partial charge in [0.05, 0.1) is 23.9 Å². The van der Waals surface area contributed by atoms with Crippen LogP contribution in [-0.4, -0.2) is 28.0 Å². The van der Waals surface area contributed by atoms with Gasteiger partial charge in [0, 0.05) is 21.7 Å². The fraction of sp³-hybridized carbons (Fsp3) is 0.167. The van der Waals surface area contributed by atoms with Gasteiger partial charge >= 0.3 is 5.97 Å². The molecule has 0 saturated carbocycles. The molecule has 0 saturated heterocycles. The van der Waals surface area contributed by atoms with Crippen molar-refractivity contribution in [1.29, 1.82) is 0 Å². The number of halogens is 1. The number of thiophene rings is 1. The summed E-state index contributed by atoms with van der Waals surface area (Å²) in [7, 11) is 0. The van der Waals surface area contributed by atoms with Crippen LogP contribution in [0.5, 0.6) is 0 Å². The summed E-state index contributed by atoms with van der Waals surface area (Å²) in [6, 6.07) is 13.7. The molecule has 0 aliphatic carbocycles. The van der Waals surface area contributed by atoms with Gasteiger partial charge in [0.15, 0.2) is 0 Å². The zero-order valence-electron chi connectivity index (χ0n) is 17.7. The van der Waals surface area contributed by atoms with E-state index in [1.165, 1.54) is 28.3 Å². The van der Waals surface area contributed by atoms with E-state index >= 15 is 0 Å². The lowest BCUT2D eigenvalue weighted by molar-refractivity contribution is -0.116. The molecule has 2 heterocycles. The van der Waals surface area contributed by atoms with Gasteiger partial charge in [0.2, 0.25) is 5.91 Å². The first-order valence-electron chi connectivity index (χ1n) is 10.3. The zero-order valence-corrected chi connectivity index (χ0v) is 19.3. The van der Waals surface area contributed by atoms with E-state index in [1.54, 1.807) is 30.3 Å². The maximum Gasteiger partial charge on any atom is 0.338 e. The number of amides is 1. The summed E-state index contributed by atoms with van der Waals surface area (Å²) in [4.78, 5) is 42.8. The van der Waals surface area contributed by atoms with Crippen LogP contribution < -0.4 is 10.9 Å². The SMILES string of the molecule is CCCOC(=O)c1cccc(NC(=O)Cn2cnc3scc(-c4ccc(Cl)cc4)c3c2=O)c1. The standard InChI is InChI=1S/C24H20ClN3O4S/c1-2-10-32-24(31)16-4-3-5-18(11-16)27-20(29)12-28-14-26-22-21(23(28)30)19(13-33-22)15-6-8-17(25)9-7-15/h3-9,11,13-14H,2,10,12H2,1H3,(H,27,29). The van der Waals surface area contributed by atoms with E-state index in [0.29, 0.717) is 33.1 Å². The third kappa shape index (κ3) is 5.13. The molecule has 0 bridgehead atoms. The van der Waals surface area contributed by atoms with E-state index < -0.39 is 11.9 Å². The molecule has 2 aromatic heterocycles. The third-order valence-corrected chi connectivity index (χ3v) is 5.99. The van der Waals surface area contributed by atoms with Gasteiger partial charge in [-0.3, -0.25) is 14.2 Å². The van der Waals surface area contributed by atoms with Crippen molar-refractivity contribution >= 4 is 50.7 Å². The first kappa shape index (κ1) is 22.7. The summed E-state index contributed by atoms with van der Waals surface area (Å²) < 4.78 is 6.39. The summed E-state index contributed by atoms with van der Waals surface area (Å²) in [5.74, 6) is -0.869. The first-order chi connectivity index (χ1) is 16.0. The molecule has 1 amide bonds. The Morgan fingerprint density at radius 1 is 1.18 bits per heavy atom. The van der Waals surface area contributed by atoms with Crippen molar-refractivity contribution < 1.29 is 14.3 Å². The highest BCUT2D eigenvalue weighted by molar-refractivity contribution is 7.17. The summed E-state index contributed by atoms with van der Waals surface area (Å²) in [6.07, 6.45) is 2.09. The smallest absolute Gasteiger partial charge is 0.338 e. The molecule has 2 aromatic carbocycles. The van der Waals surface area contributed by atoms with Gasteiger partial charge in [-0.15, -0.1) is 11.3 Å². The van der Waals surface area contributed by atoms with E-state index in [4.69, 9.17) is 16.3 Å². The predicted molar refractivity (Wildman–Crippen MR) is 130 cm³/mol. The highest BCUT2D eigenvalue weighted by Gasteiger charge is 2.15. The number of fused-ring (bicyclic) bond motifs is 1. The Bertz CT molecular complexity index is 1380. The first-order valence-corrected chi connectivity index (χ1v) is 11.5. The molecule has 0 fully saturated rings. The lowest BCUT2D eigenvalue weighted by atomic mass is 10.1. The normalized spacial score (nSPS) is 10.8. The molecule has 0 aliphatic heterocycles. The summed E-state index contributed by atoms with van der Waals surface area (Å²) in [5, 5.41) is 5.65. The van der Waals surface area contributed by atoms with Crippen LogP contribution in [0.3, 0.4) is 0 Å². The monoisotopic (exact) mass is 481 g/mol. The Morgan fingerprint density at radius 3 is 2.73 bits per heavy atom. The Balaban J connectivity index is 1.55. The highest BCUT2D eigenvalue weighted by atomic mass is 35.5. The number of ether oxygens (including phenoxy) is 1. The quantitative estimate of drug-likeness (QED) is 0.376. The van der Waals surface area contributed by atoms with Crippen LogP contribution in [0.25, 0.3) is 21.3 Å². The molecule has 9 heteroatoms.